The highest BCUT2D eigenvalue weighted by molar-refractivity contribution is 5.96. The van der Waals surface area contributed by atoms with E-state index in [-0.39, 0.29) is 30.0 Å². The van der Waals surface area contributed by atoms with Crippen LogP contribution in [0.15, 0.2) is 18.2 Å². The van der Waals surface area contributed by atoms with E-state index in [4.69, 9.17) is 20.2 Å². The van der Waals surface area contributed by atoms with Crippen molar-refractivity contribution in [2.45, 2.75) is 38.6 Å². The van der Waals surface area contributed by atoms with Gasteiger partial charge in [-0.3, -0.25) is 9.59 Å². The van der Waals surface area contributed by atoms with Gasteiger partial charge >= 0.3 is 0 Å². The smallest absolute Gasteiger partial charge is 0.271 e. The number of anilines is 3. The summed E-state index contributed by atoms with van der Waals surface area (Å²) in [6.45, 7) is 4.08. The maximum atomic E-state index is 12.2. The number of likely N-dealkylation sites (N-methyl/N-ethyl adjacent to an activating group) is 1. The Hall–Kier alpha value is -3.44. The van der Waals surface area contributed by atoms with Crippen LogP contribution in [0.1, 0.15) is 41.5 Å². The normalized spacial score (nSPS) is 13.8. The Balaban J connectivity index is 1.85. The van der Waals surface area contributed by atoms with Crippen LogP contribution in [0.4, 0.5) is 17.3 Å². The lowest BCUT2D eigenvalue weighted by Gasteiger charge is -2.25. The number of amides is 2. The summed E-state index contributed by atoms with van der Waals surface area (Å²) in [5, 5.41) is 12.3. The van der Waals surface area contributed by atoms with Gasteiger partial charge in [-0.2, -0.15) is 0 Å². The Morgan fingerprint density at radius 2 is 1.94 bits per heavy atom. The third kappa shape index (κ3) is 7.52. The molecule has 0 aliphatic carbocycles. The number of nitrogens with two attached hydrogens (primary N) is 1. The molecule has 0 radical (unpaired) electrons. The first-order valence-electron chi connectivity index (χ1n) is 11.8. The molecule has 3 rings (SSSR count). The number of hydrogen-bond acceptors (Lipinski definition) is 9. The van der Waals surface area contributed by atoms with Crippen LogP contribution in [0.25, 0.3) is 0 Å². The predicted octanol–water partition coefficient (Wildman–Crippen LogP) is 1.36. The van der Waals surface area contributed by atoms with Crippen molar-refractivity contribution in [2.75, 3.05) is 51.1 Å². The Labute approximate surface area is 205 Å². The maximum absolute atomic E-state index is 12.2. The molecule has 1 fully saturated rings. The fourth-order valence-electron chi connectivity index (χ4n) is 3.83. The average molecular weight is 486 g/mol. The molecule has 2 heterocycles. The molecule has 1 saturated heterocycles. The van der Waals surface area contributed by atoms with Crippen molar-refractivity contribution in [1.29, 1.82) is 0 Å². The van der Waals surface area contributed by atoms with Crippen LogP contribution < -0.4 is 31.7 Å². The summed E-state index contributed by atoms with van der Waals surface area (Å²) in [5.41, 5.74) is 8.00. The second-order valence-electron chi connectivity index (χ2n) is 8.29. The zero-order valence-electron chi connectivity index (χ0n) is 20.6. The van der Waals surface area contributed by atoms with Crippen molar-refractivity contribution in [1.82, 2.24) is 20.6 Å². The first-order chi connectivity index (χ1) is 16.9. The van der Waals surface area contributed by atoms with Gasteiger partial charge in [0.2, 0.25) is 5.91 Å². The fraction of sp³-hybridized carbons (Fsp3) is 0.500. The molecule has 190 valence electrons. The molecule has 0 spiro atoms. The minimum Gasteiger partial charge on any atom is -0.497 e. The van der Waals surface area contributed by atoms with Gasteiger partial charge in [0.05, 0.1) is 19.3 Å². The van der Waals surface area contributed by atoms with Crippen LogP contribution in [-0.4, -0.2) is 68.3 Å². The number of primary amides is 1. The summed E-state index contributed by atoms with van der Waals surface area (Å²) in [6, 6.07) is 5.83. The monoisotopic (exact) mass is 485 g/mol. The number of aryl methyl sites for hydroxylation is 1. The minimum atomic E-state index is -0.664. The number of rotatable bonds is 12. The minimum absolute atomic E-state index is 0.0723. The van der Waals surface area contributed by atoms with Crippen molar-refractivity contribution in [3.8, 4) is 5.75 Å². The largest absolute Gasteiger partial charge is 0.497 e. The van der Waals surface area contributed by atoms with Crippen molar-refractivity contribution < 1.29 is 19.1 Å². The van der Waals surface area contributed by atoms with Crippen LogP contribution in [0.3, 0.4) is 0 Å². The highest BCUT2D eigenvalue weighted by Crippen LogP contribution is 2.27. The number of carbonyl (C=O) groups is 2. The zero-order chi connectivity index (χ0) is 25.2. The number of carbonyl (C=O) groups excluding carboxylic acids is 2. The molecule has 6 N–H and O–H groups in total. The summed E-state index contributed by atoms with van der Waals surface area (Å²) < 4.78 is 10.9. The predicted molar refractivity (Wildman–Crippen MR) is 134 cm³/mol. The van der Waals surface area contributed by atoms with Gasteiger partial charge in [-0.25, -0.2) is 9.97 Å². The van der Waals surface area contributed by atoms with Crippen molar-refractivity contribution in [2.24, 2.45) is 5.73 Å². The third-order valence-electron chi connectivity index (χ3n) is 5.64. The number of ether oxygens (including phenoxy) is 2. The standard InChI is InChI=1S/C24H35N7O4/c1-4-19-23(28-16-6-9-35-10-7-16)31-24(21(30-19)22(25)33)29-17-11-15(12-18(13-17)34-3)5-8-27-20(32)14-26-2/h11-13,16,26H,4-10,14H2,1-3H3,(H2,25,33)(H,27,32)(H2,28,29,31). The molecule has 0 atom stereocenters. The number of nitrogens with zero attached hydrogens (tertiary/aromatic N) is 2. The van der Waals surface area contributed by atoms with Gasteiger partial charge in [-0.1, -0.05) is 6.92 Å². The summed E-state index contributed by atoms with van der Waals surface area (Å²) >= 11 is 0. The number of aromatic nitrogens is 2. The van der Waals surface area contributed by atoms with E-state index < -0.39 is 5.91 Å². The lowest BCUT2D eigenvalue weighted by Crippen LogP contribution is -2.33. The molecule has 35 heavy (non-hydrogen) atoms. The molecule has 1 aromatic carbocycles. The number of benzene rings is 1. The zero-order valence-corrected chi connectivity index (χ0v) is 20.6. The van der Waals surface area contributed by atoms with Gasteiger partial charge < -0.3 is 36.5 Å². The number of hydrogen-bond donors (Lipinski definition) is 5. The third-order valence-corrected chi connectivity index (χ3v) is 5.64. The van der Waals surface area contributed by atoms with E-state index in [1.54, 1.807) is 20.2 Å². The van der Waals surface area contributed by atoms with Gasteiger partial charge in [0, 0.05) is 37.6 Å². The van der Waals surface area contributed by atoms with Gasteiger partial charge in [0.15, 0.2) is 17.3 Å². The van der Waals surface area contributed by atoms with E-state index >= 15 is 0 Å². The molecule has 11 heteroatoms. The van der Waals surface area contributed by atoms with E-state index in [1.807, 2.05) is 19.1 Å². The molecule has 0 bridgehead atoms. The quantitative estimate of drug-likeness (QED) is 0.300. The van der Waals surface area contributed by atoms with Crippen molar-refractivity contribution in [3.05, 3.63) is 35.2 Å². The second-order valence-corrected chi connectivity index (χ2v) is 8.29. The molecule has 2 aromatic rings. The van der Waals surface area contributed by atoms with Crippen LogP contribution in [0, 0.1) is 0 Å². The van der Waals surface area contributed by atoms with Gasteiger partial charge in [0.25, 0.3) is 5.91 Å². The first kappa shape index (κ1) is 26.2. The highest BCUT2D eigenvalue weighted by Gasteiger charge is 2.21. The highest BCUT2D eigenvalue weighted by atomic mass is 16.5. The molecule has 1 aliphatic rings. The van der Waals surface area contributed by atoms with Crippen LogP contribution in [0.2, 0.25) is 0 Å². The molecule has 2 amide bonds. The van der Waals surface area contributed by atoms with E-state index in [1.165, 1.54) is 0 Å². The lowest BCUT2D eigenvalue weighted by molar-refractivity contribution is -0.120. The Bertz CT molecular complexity index is 1030. The molecule has 0 unspecified atom stereocenters. The van der Waals surface area contributed by atoms with Gasteiger partial charge in [0.1, 0.15) is 5.75 Å². The molecule has 1 aliphatic heterocycles. The van der Waals surface area contributed by atoms with Crippen LogP contribution in [-0.2, 0) is 22.4 Å². The summed E-state index contributed by atoms with van der Waals surface area (Å²) in [6.07, 6.45) is 2.94. The Kier molecular flexibility index (Phi) is 9.62. The van der Waals surface area contributed by atoms with Crippen LogP contribution >= 0.6 is 0 Å². The summed E-state index contributed by atoms with van der Waals surface area (Å²) in [7, 11) is 3.30. The van der Waals surface area contributed by atoms with E-state index in [9.17, 15) is 9.59 Å². The van der Waals surface area contributed by atoms with E-state index in [0.717, 1.165) is 18.4 Å². The van der Waals surface area contributed by atoms with Crippen molar-refractivity contribution >= 4 is 29.1 Å². The van der Waals surface area contributed by atoms with Gasteiger partial charge in [-0.05, 0) is 50.4 Å². The van der Waals surface area contributed by atoms with E-state index in [0.29, 0.717) is 55.5 Å². The fourth-order valence-corrected chi connectivity index (χ4v) is 3.83. The summed E-state index contributed by atoms with van der Waals surface area (Å²) in [5.74, 6) is 0.789. The van der Waals surface area contributed by atoms with Crippen molar-refractivity contribution in [3.63, 3.8) is 0 Å². The molecular weight excluding hydrogens is 450 g/mol. The van der Waals surface area contributed by atoms with E-state index in [2.05, 4.69) is 26.3 Å². The maximum Gasteiger partial charge on any atom is 0.271 e. The second kappa shape index (κ2) is 12.9. The molecule has 0 saturated carbocycles. The average Bonchev–Trinajstić information content (AvgIpc) is 2.84. The molecule has 11 nitrogen and oxygen atoms in total. The van der Waals surface area contributed by atoms with Gasteiger partial charge in [-0.15, -0.1) is 0 Å². The first-order valence-corrected chi connectivity index (χ1v) is 11.8. The SMILES string of the molecule is CCc1nc(C(N)=O)c(Nc2cc(CCNC(=O)CNC)cc(OC)c2)nc1NC1CCOCC1. The number of nitrogens with one attached hydrogen (secondary N) is 4. The lowest BCUT2D eigenvalue weighted by atomic mass is 10.1. The molecule has 1 aromatic heterocycles. The van der Waals surface area contributed by atoms with Crippen LogP contribution in [0.5, 0.6) is 5.75 Å². The number of methoxy groups -OCH3 is 1. The Morgan fingerprint density at radius 1 is 1.17 bits per heavy atom. The Morgan fingerprint density at radius 3 is 2.60 bits per heavy atom. The summed E-state index contributed by atoms with van der Waals surface area (Å²) in [4.78, 5) is 33.2. The molecular formula is C24H35N7O4. The topological polar surface area (TPSA) is 153 Å².